The minimum absolute atomic E-state index is 0.0366. The van der Waals surface area contributed by atoms with Gasteiger partial charge in [0.25, 0.3) is 0 Å². The number of benzene rings is 1. The Kier molecular flexibility index (Phi) is 28.6. The second kappa shape index (κ2) is 26.2. The number of ketones is 1. The minimum atomic E-state index is -0.556. The fourth-order valence-corrected chi connectivity index (χ4v) is 2.55. The summed E-state index contributed by atoms with van der Waals surface area (Å²) in [5.74, 6) is 0.0366. The molecule has 4 heteroatoms. The molecule has 1 rings (SSSR count). The molecule has 1 aromatic carbocycles. The monoisotopic (exact) mass is 436 g/mol. The molecule has 0 fully saturated rings. The van der Waals surface area contributed by atoms with Gasteiger partial charge in [-0.3, -0.25) is 4.79 Å². The Hall–Kier alpha value is -1.84. The molecule has 0 aliphatic carbocycles. The molecule has 1 unspecified atom stereocenters. The molecule has 0 saturated carbocycles. The van der Waals surface area contributed by atoms with Crippen LogP contribution < -0.4 is 5.32 Å². The van der Waals surface area contributed by atoms with Gasteiger partial charge in [0.05, 0.1) is 0 Å². The molecule has 0 aromatic heterocycles. The molecule has 0 aliphatic rings. The Morgan fingerprint density at radius 2 is 1.32 bits per heavy atom. The summed E-state index contributed by atoms with van der Waals surface area (Å²) in [4.78, 5) is 26.7. The second-order valence-electron chi connectivity index (χ2n) is 6.81. The zero-order valence-electron chi connectivity index (χ0n) is 22.1. The van der Waals surface area contributed by atoms with Gasteiger partial charge in [-0.05, 0) is 18.4 Å². The van der Waals surface area contributed by atoms with Gasteiger partial charge in [-0.1, -0.05) is 118 Å². The fourth-order valence-electron chi connectivity index (χ4n) is 2.55. The molecule has 0 saturated heterocycles. The lowest BCUT2D eigenvalue weighted by Crippen LogP contribution is -2.44. The van der Waals surface area contributed by atoms with Gasteiger partial charge < -0.3 is 10.2 Å². The molecular formula is C27H52N2O2. The van der Waals surface area contributed by atoms with Crippen molar-refractivity contribution < 1.29 is 9.59 Å². The van der Waals surface area contributed by atoms with Crippen LogP contribution >= 0.6 is 0 Å². The minimum Gasteiger partial charge on any atom is -0.325 e. The first kappa shape index (κ1) is 33.8. The van der Waals surface area contributed by atoms with Crippen molar-refractivity contribution in [3.8, 4) is 0 Å². The molecule has 0 spiro atoms. The van der Waals surface area contributed by atoms with E-state index in [1.165, 1.54) is 12.8 Å². The third kappa shape index (κ3) is 17.5. The predicted octanol–water partition coefficient (Wildman–Crippen LogP) is 8.18. The quantitative estimate of drug-likeness (QED) is 0.355. The standard InChI is InChI=1S/C19H30N2O2.C4H10.2C2H6/c1-4-7-11-15-21(14-5-2)19(23)20-18(17(22)6-3)16-12-9-8-10-13-16;1-3-4-2;2*1-2/h8-10,12-13,18H,4-7,11,14-15H2,1-3H3,(H,20,23);3-4H2,1-2H3;2*1-2H3. The number of carbonyl (C=O) groups excluding carboxylic acids is 2. The van der Waals surface area contributed by atoms with Crippen LogP contribution in [0.15, 0.2) is 30.3 Å². The molecule has 0 heterocycles. The number of carbonyl (C=O) groups is 2. The fraction of sp³-hybridized carbons (Fsp3) is 0.704. The van der Waals surface area contributed by atoms with Crippen molar-refractivity contribution in [1.82, 2.24) is 10.2 Å². The van der Waals surface area contributed by atoms with Crippen LogP contribution in [0.5, 0.6) is 0 Å². The molecule has 31 heavy (non-hydrogen) atoms. The number of nitrogens with one attached hydrogen (secondary N) is 1. The number of rotatable bonds is 11. The second-order valence-corrected chi connectivity index (χ2v) is 6.81. The Balaban J connectivity index is -0.000000855. The van der Waals surface area contributed by atoms with Crippen molar-refractivity contribution in [2.24, 2.45) is 0 Å². The van der Waals surface area contributed by atoms with E-state index in [1.54, 1.807) is 0 Å². The number of hydrogen-bond donors (Lipinski definition) is 1. The third-order valence-electron chi connectivity index (χ3n) is 4.38. The highest BCUT2D eigenvalue weighted by Gasteiger charge is 2.23. The van der Waals surface area contributed by atoms with Crippen molar-refractivity contribution in [2.45, 2.75) is 113 Å². The number of amides is 2. The summed E-state index contributed by atoms with van der Waals surface area (Å²) < 4.78 is 0. The van der Waals surface area contributed by atoms with Crippen LogP contribution in [0.3, 0.4) is 0 Å². The number of nitrogens with zero attached hydrogens (tertiary/aromatic N) is 1. The van der Waals surface area contributed by atoms with Gasteiger partial charge in [0.1, 0.15) is 6.04 Å². The van der Waals surface area contributed by atoms with Crippen LogP contribution in [0.1, 0.15) is 119 Å². The maximum absolute atomic E-state index is 12.6. The van der Waals surface area contributed by atoms with Crippen LogP contribution in [-0.4, -0.2) is 29.8 Å². The van der Waals surface area contributed by atoms with Crippen molar-refractivity contribution in [2.75, 3.05) is 13.1 Å². The van der Waals surface area contributed by atoms with E-state index in [9.17, 15) is 9.59 Å². The lowest BCUT2D eigenvalue weighted by molar-refractivity contribution is -0.120. The van der Waals surface area contributed by atoms with Gasteiger partial charge in [0.15, 0.2) is 5.78 Å². The summed E-state index contributed by atoms with van der Waals surface area (Å²) in [5, 5.41) is 2.93. The van der Waals surface area contributed by atoms with Crippen molar-refractivity contribution >= 4 is 11.8 Å². The predicted molar refractivity (Wildman–Crippen MR) is 138 cm³/mol. The van der Waals surface area contributed by atoms with Crippen molar-refractivity contribution in [1.29, 1.82) is 0 Å². The van der Waals surface area contributed by atoms with E-state index in [1.807, 2.05) is 69.9 Å². The third-order valence-corrected chi connectivity index (χ3v) is 4.38. The number of hydrogen-bond acceptors (Lipinski definition) is 2. The van der Waals surface area contributed by atoms with Crippen molar-refractivity contribution in [3.63, 3.8) is 0 Å². The van der Waals surface area contributed by atoms with Gasteiger partial charge >= 0.3 is 6.03 Å². The highest BCUT2D eigenvalue weighted by molar-refractivity contribution is 5.89. The highest BCUT2D eigenvalue weighted by Crippen LogP contribution is 2.16. The Morgan fingerprint density at radius 3 is 1.74 bits per heavy atom. The lowest BCUT2D eigenvalue weighted by Gasteiger charge is -2.26. The summed E-state index contributed by atoms with van der Waals surface area (Å²) in [7, 11) is 0. The first-order valence-corrected chi connectivity index (χ1v) is 12.7. The smallest absolute Gasteiger partial charge is 0.318 e. The summed E-state index contributed by atoms with van der Waals surface area (Å²) in [6.07, 6.45) is 7.20. The first-order chi connectivity index (χ1) is 15.0. The SMILES string of the molecule is CC.CC.CCCC.CCCCCN(CCC)C(=O)NC(C(=O)CC)c1ccccc1. The topological polar surface area (TPSA) is 49.4 Å². The number of urea groups is 1. The average Bonchev–Trinajstić information content (AvgIpc) is 2.84. The Labute approximate surface area is 194 Å². The van der Waals surface area contributed by atoms with Crippen LogP contribution in [0.4, 0.5) is 4.79 Å². The summed E-state index contributed by atoms with van der Waals surface area (Å²) >= 11 is 0. The summed E-state index contributed by atoms with van der Waals surface area (Å²) in [6, 6.07) is 8.77. The Morgan fingerprint density at radius 1 is 0.774 bits per heavy atom. The molecule has 2 amide bonds. The molecule has 1 atom stereocenters. The van der Waals surface area contributed by atoms with Gasteiger partial charge in [-0.2, -0.15) is 0 Å². The van der Waals surface area contributed by atoms with Crippen LogP contribution in [0.25, 0.3) is 0 Å². The molecule has 0 radical (unpaired) electrons. The maximum Gasteiger partial charge on any atom is 0.318 e. The first-order valence-electron chi connectivity index (χ1n) is 12.7. The van der Waals surface area contributed by atoms with E-state index in [4.69, 9.17) is 0 Å². The van der Waals surface area contributed by atoms with E-state index < -0.39 is 6.04 Å². The maximum atomic E-state index is 12.6. The molecule has 0 aliphatic heterocycles. The molecule has 4 nitrogen and oxygen atoms in total. The van der Waals surface area contributed by atoms with Gasteiger partial charge in [-0.25, -0.2) is 4.79 Å². The van der Waals surface area contributed by atoms with Crippen molar-refractivity contribution in [3.05, 3.63) is 35.9 Å². The van der Waals surface area contributed by atoms with Gasteiger partial charge in [-0.15, -0.1) is 0 Å². The molecule has 0 bridgehead atoms. The lowest BCUT2D eigenvalue weighted by atomic mass is 10.0. The Bertz CT molecular complexity index is 501. The zero-order valence-corrected chi connectivity index (χ0v) is 22.1. The van der Waals surface area contributed by atoms with Crippen LogP contribution in [0.2, 0.25) is 0 Å². The van der Waals surface area contributed by atoms with E-state index in [-0.39, 0.29) is 11.8 Å². The summed E-state index contributed by atoms with van der Waals surface area (Å²) in [5.41, 5.74) is 0.845. The molecule has 182 valence electrons. The highest BCUT2D eigenvalue weighted by atomic mass is 16.2. The number of Topliss-reactive ketones (excluding diaryl/α,β-unsaturated/α-hetero) is 1. The molecule has 1 aromatic rings. The van der Waals surface area contributed by atoms with E-state index in [2.05, 4.69) is 33.0 Å². The molecular weight excluding hydrogens is 384 g/mol. The van der Waals surface area contributed by atoms with E-state index in [0.29, 0.717) is 6.42 Å². The average molecular weight is 437 g/mol. The molecule has 1 N–H and O–H groups in total. The van der Waals surface area contributed by atoms with Crippen LogP contribution in [-0.2, 0) is 4.79 Å². The van der Waals surface area contributed by atoms with E-state index >= 15 is 0 Å². The van der Waals surface area contributed by atoms with Gasteiger partial charge in [0, 0.05) is 19.5 Å². The van der Waals surface area contributed by atoms with E-state index in [0.717, 1.165) is 44.3 Å². The largest absolute Gasteiger partial charge is 0.325 e. The number of unbranched alkanes of at least 4 members (excludes halogenated alkanes) is 3. The van der Waals surface area contributed by atoms with Crippen LogP contribution in [0, 0.1) is 0 Å². The zero-order chi connectivity index (χ0) is 24.5. The normalized spacial score (nSPS) is 10.1. The van der Waals surface area contributed by atoms with Gasteiger partial charge in [0.2, 0.25) is 0 Å². The summed E-state index contributed by atoms with van der Waals surface area (Å²) in [6.45, 7) is 19.9.